The van der Waals surface area contributed by atoms with E-state index in [1.165, 1.54) is 25.3 Å². The highest BCUT2D eigenvalue weighted by atomic mass is 19.4. The van der Waals surface area contributed by atoms with Gasteiger partial charge in [-0.2, -0.15) is 13.2 Å². The molecule has 1 aliphatic carbocycles. The number of piperazine rings is 1. The van der Waals surface area contributed by atoms with Crippen molar-refractivity contribution in [3.63, 3.8) is 0 Å². The summed E-state index contributed by atoms with van der Waals surface area (Å²) in [5, 5.41) is 0. The van der Waals surface area contributed by atoms with Gasteiger partial charge >= 0.3 is 6.18 Å². The molecule has 3 aliphatic rings. The van der Waals surface area contributed by atoms with E-state index in [0.29, 0.717) is 37.9 Å². The second-order valence-corrected chi connectivity index (χ2v) is 9.58. The van der Waals surface area contributed by atoms with Crippen molar-refractivity contribution < 1.29 is 22.4 Å². The number of fused-ring (bicyclic) bond motifs is 1. The van der Waals surface area contributed by atoms with Crippen molar-refractivity contribution in [3.8, 4) is 0 Å². The molecule has 0 spiro atoms. The average molecular weight is 492 g/mol. The van der Waals surface area contributed by atoms with Crippen molar-refractivity contribution in [1.29, 1.82) is 0 Å². The third-order valence-corrected chi connectivity index (χ3v) is 7.48. The van der Waals surface area contributed by atoms with Gasteiger partial charge in [-0.3, -0.25) is 9.69 Å². The number of carbonyl (C=O) groups excluding carboxylic acids is 1. The van der Waals surface area contributed by atoms with Gasteiger partial charge in [-0.25, -0.2) is 14.4 Å². The van der Waals surface area contributed by atoms with Gasteiger partial charge in [0.05, 0.1) is 17.7 Å². The maximum atomic E-state index is 14.4. The van der Waals surface area contributed by atoms with Gasteiger partial charge in [-0.05, 0) is 36.5 Å². The van der Waals surface area contributed by atoms with Crippen LogP contribution in [0.3, 0.4) is 0 Å². The number of nitrogens with zero attached hydrogens (tertiary/aromatic N) is 5. The monoisotopic (exact) mass is 491 g/mol. The number of anilines is 1. The number of amides is 1. The second kappa shape index (κ2) is 9.72. The lowest BCUT2D eigenvalue weighted by Gasteiger charge is -2.43. The fraction of sp³-hybridized carbons (Fsp3) is 0.560. The first kappa shape index (κ1) is 24.0. The molecule has 1 saturated carbocycles. The molecule has 2 fully saturated rings. The molecular weight excluding hydrogens is 462 g/mol. The molecule has 0 radical (unpaired) electrons. The number of hydrogen-bond acceptors (Lipinski definition) is 5. The zero-order chi connectivity index (χ0) is 24.6. The standard InChI is InChI=1S/C25H29F4N5O/c26-23-17(3-1-6-20(23)25(27,28)29)15-22(35)33-9-7-18-16-30-24(31-21(18)8-10-33)34-13-11-32(12-14-34)19-4-2-5-19/h1,3,6,16,19H,2,4-5,7-15H2. The summed E-state index contributed by atoms with van der Waals surface area (Å²) in [6, 6.07) is 3.79. The molecule has 0 unspecified atom stereocenters. The largest absolute Gasteiger partial charge is 0.419 e. The Kier molecular flexibility index (Phi) is 6.65. The van der Waals surface area contributed by atoms with Gasteiger partial charge in [0.25, 0.3) is 0 Å². The summed E-state index contributed by atoms with van der Waals surface area (Å²) in [7, 11) is 0. The van der Waals surface area contributed by atoms with Gasteiger partial charge in [0.15, 0.2) is 0 Å². The van der Waals surface area contributed by atoms with Crippen LogP contribution in [0.15, 0.2) is 24.4 Å². The average Bonchev–Trinajstić information content (AvgIpc) is 3.01. The number of carbonyl (C=O) groups is 1. The van der Waals surface area contributed by atoms with E-state index >= 15 is 0 Å². The van der Waals surface area contributed by atoms with Crippen molar-refractivity contribution in [2.75, 3.05) is 44.2 Å². The molecule has 0 bridgehead atoms. The van der Waals surface area contributed by atoms with Gasteiger partial charge in [0.2, 0.25) is 11.9 Å². The van der Waals surface area contributed by atoms with Crippen LogP contribution in [0, 0.1) is 5.82 Å². The second-order valence-electron chi connectivity index (χ2n) is 9.58. The van der Waals surface area contributed by atoms with Gasteiger partial charge in [0, 0.05) is 57.9 Å². The normalized spacial score (nSPS) is 19.8. The maximum Gasteiger partial charge on any atom is 0.419 e. The first-order chi connectivity index (χ1) is 16.8. The van der Waals surface area contributed by atoms with Crippen LogP contribution in [0.25, 0.3) is 0 Å². The molecule has 1 aromatic heterocycles. The molecule has 1 amide bonds. The number of rotatable bonds is 4. The molecule has 0 atom stereocenters. The number of aromatic nitrogens is 2. The first-order valence-electron chi connectivity index (χ1n) is 12.3. The fourth-order valence-corrected chi connectivity index (χ4v) is 5.12. The third kappa shape index (κ3) is 5.12. The van der Waals surface area contributed by atoms with Crippen LogP contribution in [0.5, 0.6) is 0 Å². The van der Waals surface area contributed by atoms with Crippen molar-refractivity contribution >= 4 is 11.9 Å². The van der Waals surface area contributed by atoms with E-state index in [1.807, 2.05) is 6.20 Å². The first-order valence-corrected chi connectivity index (χ1v) is 12.3. The predicted molar refractivity (Wildman–Crippen MR) is 123 cm³/mol. The van der Waals surface area contributed by atoms with Crippen LogP contribution >= 0.6 is 0 Å². The smallest absolute Gasteiger partial charge is 0.342 e. The van der Waals surface area contributed by atoms with Crippen LogP contribution in [0.1, 0.15) is 41.6 Å². The molecule has 10 heteroatoms. The summed E-state index contributed by atoms with van der Waals surface area (Å²) >= 11 is 0. The zero-order valence-corrected chi connectivity index (χ0v) is 19.5. The van der Waals surface area contributed by atoms with E-state index < -0.39 is 29.9 Å². The summed E-state index contributed by atoms with van der Waals surface area (Å²) in [6.07, 6.45) is 1.63. The highest BCUT2D eigenvalue weighted by Crippen LogP contribution is 2.32. The van der Waals surface area contributed by atoms with Gasteiger partial charge in [-0.15, -0.1) is 0 Å². The summed E-state index contributed by atoms with van der Waals surface area (Å²) in [5.41, 5.74) is 0.288. The molecule has 3 heterocycles. The Balaban J connectivity index is 1.21. The molecule has 1 aromatic carbocycles. The Hall–Kier alpha value is -2.75. The summed E-state index contributed by atoms with van der Waals surface area (Å²) < 4.78 is 53.4. The third-order valence-electron chi connectivity index (χ3n) is 7.48. The fourth-order valence-electron chi connectivity index (χ4n) is 5.12. The highest BCUT2D eigenvalue weighted by Gasteiger charge is 2.35. The number of halogens is 4. The van der Waals surface area contributed by atoms with Gasteiger partial charge in [-0.1, -0.05) is 18.6 Å². The van der Waals surface area contributed by atoms with Crippen LogP contribution in [0.4, 0.5) is 23.5 Å². The lowest BCUT2D eigenvalue weighted by Crippen LogP contribution is -2.52. The lowest BCUT2D eigenvalue weighted by molar-refractivity contribution is -0.140. The Morgan fingerprint density at radius 3 is 2.46 bits per heavy atom. The number of alkyl halides is 3. The van der Waals surface area contributed by atoms with Crippen LogP contribution in [0.2, 0.25) is 0 Å². The summed E-state index contributed by atoms with van der Waals surface area (Å²) in [5.74, 6) is -1.06. The quantitative estimate of drug-likeness (QED) is 0.613. The highest BCUT2D eigenvalue weighted by molar-refractivity contribution is 5.79. The van der Waals surface area contributed by atoms with Crippen LogP contribution in [-0.2, 0) is 30.2 Å². The predicted octanol–water partition coefficient (Wildman–Crippen LogP) is 3.48. The molecular formula is C25H29F4N5O. The minimum atomic E-state index is -4.80. The Morgan fingerprint density at radius 1 is 1.03 bits per heavy atom. The summed E-state index contributed by atoms with van der Waals surface area (Å²) in [6.45, 7) is 4.59. The minimum Gasteiger partial charge on any atom is -0.342 e. The lowest BCUT2D eigenvalue weighted by atomic mass is 9.91. The van der Waals surface area contributed by atoms with Crippen molar-refractivity contribution in [3.05, 3.63) is 52.6 Å². The molecule has 188 valence electrons. The topological polar surface area (TPSA) is 52.6 Å². The van der Waals surface area contributed by atoms with E-state index in [9.17, 15) is 22.4 Å². The molecule has 1 saturated heterocycles. The Morgan fingerprint density at radius 2 is 1.77 bits per heavy atom. The van der Waals surface area contributed by atoms with E-state index in [-0.39, 0.29) is 5.56 Å². The van der Waals surface area contributed by atoms with Crippen LogP contribution < -0.4 is 4.90 Å². The van der Waals surface area contributed by atoms with Crippen molar-refractivity contribution in [2.45, 2.75) is 50.7 Å². The Bertz CT molecular complexity index is 1080. The maximum absolute atomic E-state index is 14.4. The van der Waals surface area contributed by atoms with Crippen LogP contribution in [-0.4, -0.2) is 71.0 Å². The van der Waals surface area contributed by atoms with E-state index in [2.05, 4.69) is 14.8 Å². The SMILES string of the molecule is O=C(Cc1cccc(C(F)(F)F)c1F)N1CCc2cnc(N3CCN(C4CCC4)CC3)nc2CC1. The van der Waals surface area contributed by atoms with Crippen molar-refractivity contribution in [1.82, 2.24) is 19.8 Å². The molecule has 6 nitrogen and oxygen atoms in total. The molecule has 5 rings (SSSR count). The minimum absolute atomic E-state index is 0.241. The molecule has 2 aromatic rings. The van der Waals surface area contributed by atoms with Gasteiger partial charge in [0.1, 0.15) is 5.82 Å². The zero-order valence-electron chi connectivity index (χ0n) is 19.5. The molecule has 35 heavy (non-hydrogen) atoms. The molecule has 0 N–H and O–H groups in total. The van der Waals surface area contributed by atoms with E-state index in [0.717, 1.165) is 49.5 Å². The van der Waals surface area contributed by atoms with E-state index in [4.69, 9.17) is 4.98 Å². The molecule has 2 aliphatic heterocycles. The van der Waals surface area contributed by atoms with Crippen molar-refractivity contribution in [2.24, 2.45) is 0 Å². The van der Waals surface area contributed by atoms with Gasteiger partial charge < -0.3 is 9.80 Å². The number of benzene rings is 1. The van der Waals surface area contributed by atoms with E-state index in [1.54, 1.807) is 4.90 Å². The Labute approximate surface area is 201 Å². The number of hydrogen-bond donors (Lipinski definition) is 0. The summed E-state index contributed by atoms with van der Waals surface area (Å²) in [4.78, 5) is 28.6.